The minimum atomic E-state index is -0.0126. The molecule has 1 unspecified atom stereocenters. The molecule has 2 rings (SSSR count). The van der Waals surface area contributed by atoms with E-state index in [4.69, 9.17) is 4.52 Å². The fraction of sp³-hybridized carbons (Fsp3) is 0.474. The summed E-state index contributed by atoms with van der Waals surface area (Å²) in [5, 5.41) is 6.93. The van der Waals surface area contributed by atoms with Crippen molar-refractivity contribution in [3.8, 4) is 0 Å². The van der Waals surface area contributed by atoms with Gasteiger partial charge in [0.15, 0.2) is 0 Å². The third-order valence-electron chi connectivity index (χ3n) is 4.41. The van der Waals surface area contributed by atoms with E-state index in [2.05, 4.69) is 46.6 Å². The molecule has 24 heavy (non-hydrogen) atoms. The molecule has 1 heterocycles. The van der Waals surface area contributed by atoms with Crippen LogP contribution in [0.3, 0.4) is 0 Å². The van der Waals surface area contributed by atoms with Crippen molar-refractivity contribution in [3.05, 3.63) is 52.4 Å². The lowest BCUT2D eigenvalue weighted by Crippen LogP contribution is -2.35. The van der Waals surface area contributed by atoms with Crippen LogP contribution in [0.2, 0.25) is 0 Å². The van der Waals surface area contributed by atoms with Crippen LogP contribution in [0.1, 0.15) is 41.1 Å². The van der Waals surface area contributed by atoms with Gasteiger partial charge in [-0.1, -0.05) is 36.3 Å². The Morgan fingerprint density at radius 1 is 1.25 bits per heavy atom. The number of hydrogen-bond donors (Lipinski definition) is 1. The maximum Gasteiger partial charge on any atom is 0.224 e. The zero-order valence-electron chi connectivity index (χ0n) is 15.2. The van der Waals surface area contributed by atoms with Crippen molar-refractivity contribution in [1.29, 1.82) is 0 Å². The molecule has 5 heteroatoms. The molecule has 0 saturated heterocycles. The van der Waals surface area contributed by atoms with E-state index in [1.807, 2.05) is 27.9 Å². The molecule has 130 valence electrons. The molecule has 0 fully saturated rings. The van der Waals surface area contributed by atoms with Gasteiger partial charge in [0.2, 0.25) is 5.91 Å². The molecule has 0 saturated carbocycles. The van der Waals surface area contributed by atoms with E-state index in [-0.39, 0.29) is 11.9 Å². The van der Waals surface area contributed by atoms with E-state index >= 15 is 0 Å². The van der Waals surface area contributed by atoms with Crippen LogP contribution in [-0.2, 0) is 17.6 Å². The SMILES string of the molecule is CCc1ccc(C(CNC(=O)Cc2c(C)noc2C)N(C)C)cc1. The molecule has 0 spiro atoms. The number of benzene rings is 1. The van der Waals surface area contributed by atoms with Gasteiger partial charge in [0, 0.05) is 12.1 Å². The summed E-state index contributed by atoms with van der Waals surface area (Å²) in [5.74, 6) is 0.698. The minimum Gasteiger partial charge on any atom is -0.361 e. The highest BCUT2D eigenvalue weighted by Crippen LogP contribution is 2.19. The number of rotatable bonds is 7. The van der Waals surface area contributed by atoms with E-state index in [0.717, 1.165) is 17.7 Å². The summed E-state index contributed by atoms with van der Waals surface area (Å²) in [4.78, 5) is 14.4. The summed E-state index contributed by atoms with van der Waals surface area (Å²) >= 11 is 0. The fourth-order valence-electron chi connectivity index (χ4n) is 2.76. The van der Waals surface area contributed by atoms with Gasteiger partial charge >= 0.3 is 0 Å². The number of nitrogens with one attached hydrogen (secondary N) is 1. The largest absolute Gasteiger partial charge is 0.361 e. The Morgan fingerprint density at radius 2 is 1.92 bits per heavy atom. The molecule has 0 bridgehead atoms. The Kier molecular flexibility index (Phi) is 6.15. The highest BCUT2D eigenvalue weighted by atomic mass is 16.5. The Bertz CT molecular complexity index is 655. The molecule has 1 N–H and O–H groups in total. The van der Waals surface area contributed by atoms with Gasteiger partial charge in [-0.3, -0.25) is 4.79 Å². The van der Waals surface area contributed by atoms with Crippen LogP contribution >= 0.6 is 0 Å². The highest BCUT2D eigenvalue weighted by Gasteiger charge is 2.17. The number of carbonyl (C=O) groups is 1. The van der Waals surface area contributed by atoms with Crippen LogP contribution in [0.5, 0.6) is 0 Å². The first kappa shape index (κ1) is 18.2. The first-order valence-corrected chi connectivity index (χ1v) is 8.36. The summed E-state index contributed by atoms with van der Waals surface area (Å²) in [6.45, 7) is 6.41. The summed E-state index contributed by atoms with van der Waals surface area (Å²) in [7, 11) is 4.05. The molecule has 1 amide bonds. The minimum absolute atomic E-state index is 0.0126. The van der Waals surface area contributed by atoms with Gasteiger partial charge in [0.05, 0.1) is 18.2 Å². The molecule has 0 aliphatic heterocycles. The molecule has 1 aromatic carbocycles. The van der Waals surface area contributed by atoms with E-state index in [1.54, 1.807) is 0 Å². The van der Waals surface area contributed by atoms with Gasteiger partial charge in [-0.25, -0.2) is 0 Å². The Hall–Kier alpha value is -2.14. The number of amides is 1. The topological polar surface area (TPSA) is 58.4 Å². The molecule has 0 aliphatic carbocycles. The Labute approximate surface area is 144 Å². The first-order valence-electron chi connectivity index (χ1n) is 8.36. The quantitative estimate of drug-likeness (QED) is 0.848. The molecule has 1 aromatic heterocycles. The average molecular weight is 329 g/mol. The van der Waals surface area contributed by atoms with Crippen molar-refractivity contribution in [3.63, 3.8) is 0 Å². The predicted molar refractivity (Wildman–Crippen MR) is 94.9 cm³/mol. The number of hydrogen-bond acceptors (Lipinski definition) is 4. The molecule has 0 aliphatic rings. The van der Waals surface area contributed by atoms with Crippen LogP contribution in [0.15, 0.2) is 28.8 Å². The first-order chi connectivity index (χ1) is 11.4. The number of nitrogens with zero attached hydrogens (tertiary/aromatic N) is 2. The second kappa shape index (κ2) is 8.11. The zero-order valence-corrected chi connectivity index (χ0v) is 15.2. The van der Waals surface area contributed by atoms with Gasteiger partial charge in [-0.05, 0) is 45.5 Å². The monoisotopic (exact) mass is 329 g/mol. The van der Waals surface area contributed by atoms with Crippen LogP contribution in [-0.4, -0.2) is 36.6 Å². The zero-order chi connectivity index (χ0) is 17.7. The Morgan fingerprint density at radius 3 is 2.42 bits per heavy atom. The fourth-order valence-corrected chi connectivity index (χ4v) is 2.76. The average Bonchev–Trinajstić information content (AvgIpc) is 2.87. The van der Waals surface area contributed by atoms with Crippen molar-refractivity contribution in [2.24, 2.45) is 0 Å². The number of aryl methyl sites for hydroxylation is 3. The number of aromatic nitrogens is 1. The summed E-state index contributed by atoms with van der Waals surface area (Å²) < 4.78 is 5.11. The molecule has 1 atom stereocenters. The summed E-state index contributed by atoms with van der Waals surface area (Å²) in [5.41, 5.74) is 4.18. The second-order valence-electron chi connectivity index (χ2n) is 6.36. The van der Waals surface area contributed by atoms with E-state index in [9.17, 15) is 4.79 Å². The summed E-state index contributed by atoms with van der Waals surface area (Å²) in [6.07, 6.45) is 1.33. The van der Waals surface area contributed by atoms with Crippen molar-refractivity contribution < 1.29 is 9.32 Å². The van der Waals surface area contributed by atoms with E-state index in [1.165, 1.54) is 11.1 Å². The maximum absolute atomic E-state index is 12.3. The third-order valence-corrected chi connectivity index (χ3v) is 4.41. The van der Waals surface area contributed by atoms with Crippen LogP contribution in [0.25, 0.3) is 0 Å². The van der Waals surface area contributed by atoms with Crippen molar-refractivity contribution >= 4 is 5.91 Å². The van der Waals surface area contributed by atoms with Gasteiger partial charge < -0.3 is 14.7 Å². The maximum atomic E-state index is 12.3. The normalized spacial score (nSPS) is 12.4. The molecular weight excluding hydrogens is 302 g/mol. The highest BCUT2D eigenvalue weighted by molar-refractivity contribution is 5.79. The predicted octanol–water partition coefficient (Wildman–Crippen LogP) is 2.82. The lowest BCUT2D eigenvalue weighted by molar-refractivity contribution is -0.120. The van der Waals surface area contributed by atoms with E-state index in [0.29, 0.717) is 18.7 Å². The van der Waals surface area contributed by atoms with Crippen LogP contribution in [0.4, 0.5) is 0 Å². The second-order valence-corrected chi connectivity index (χ2v) is 6.36. The summed E-state index contributed by atoms with van der Waals surface area (Å²) in [6, 6.07) is 8.73. The number of likely N-dealkylation sites (N-methyl/N-ethyl adjacent to an activating group) is 1. The molecule has 5 nitrogen and oxygen atoms in total. The van der Waals surface area contributed by atoms with Crippen molar-refractivity contribution in [1.82, 2.24) is 15.4 Å². The third kappa shape index (κ3) is 4.45. The number of carbonyl (C=O) groups excluding carboxylic acids is 1. The molecule has 2 aromatic rings. The smallest absolute Gasteiger partial charge is 0.224 e. The molecular formula is C19H27N3O2. The van der Waals surface area contributed by atoms with Crippen LogP contribution in [0, 0.1) is 13.8 Å². The van der Waals surface area contributed by atoms with Crippen molar-refractivity contribution in [2.75, 3.05) is 20.6 Å². The lowest BCUT2D eigenvalue weighted by Gasteiger charge is -2.25. The van der Waals surface area contributed by atoms with E-state index < -0.39 is 0 Å². The Balaban J connectivity index is 1.99. The lowest BCUT2D eigenvalue weighted by atomic mass is 10.0. The van der Waals surface area contributed by atoms with Gasteiger partial charge in [-0.15, -0.1) is 0 Å². The molecule has 0 radical (unpaired) electrons. The van der Waals surface area contributed by atoms with Gasteiger partial charge in [0.25, 0.3) is 0 Å². The van der Waals surface area contributed by atoms with Gasteiger partial charge in [0.1, 0.15) is 5.76 Å². The van der Waals surface area contributed by atoms with Gasteiger partial charge in [-0.2, -0.15) is 0 Å². The van der Waals surface area contributed by atoms with Crippen molar-refractivity contribution in [2.45, 2.75) is 39.7 Å². The van der Waals surface area contributed by atoms with Crippen LogP contribution < -0.4 is 5.32 Å². The standard InChI is InChI=1S/C19H27N3O2/c1-6-15-7-9-16(10-8-15)18(22(4)5)12-20-19(23)11-17-13(2)21-24-14(17)3/h7-10,18H,6,11-12H2,1-5H3,(H,20,23).